The average Bonchev–Trinajstić information content (AvgIpc) is 2.37. The van der Waals surface area contributed by atoms with Crippen molar-refractivity contribution in [3.8, 4) is 17.6 Å². The predicted molar refractivity (Wildman–Crippen MR) is 75.6 cm³/mol. The maximum Gasteiger partial charge on any atom is 0.253 e. The molecule has 0 aromatic heterocycles. The summed E-state index contributed by atoms with van der Waals surface area (Å²) in [5, 5.41) is 10.1. The zero-order valence-electron chi connectivity index (χ0n) is 11.7. The van der Waals surface area contributed by atoms with E-state index in [9.17, 15) is 8.42 Å². The molecule has 0 bridgehead atoms. The molecular formula is C13H18N2O4S. The molecule has 6 nitrogen and oxygen atoms in total. The number of aliphatic hydroxyl groups is 1. The molecule has 0 fully saturated rings. The molecular weight excluding hydrogens is 280 g/mol. The number of nitrogens with zero attached hydrogens (tertiary/aromatic N) is 1. The van der Waals surface area contributed by atoms with Crippen LogP contribution in [0.25, 0.3) is 0 Å². The monoisotopic (exact) mass is 298 g/mol. The Bertz CT molecular complexity index is 615. The van der Waals surface area contributed by atoms with Gasteiger partial charge in [0.05, 0.1) is 24.2 Å². The molecule has 1 aromatic carbocycles. The molecule has 110 valence electrons. The van der Waals surface area contributed by atoms with Crippen molar-refractivity contribution in [1.82, 2.24) is 9.84 Å². The first-order chi connectivity index (χ1) is 9.40. The summed E-state index contributed by atoms with van der Waals surface area (Å²) in [6, 6.07) is 4.43. The van der Waals surface area contributed by atoms with Crippen LogP contribution in [0, 0.1) is 11.8 Å². The number of aliphatic hydroxyl groups excluding tert-OH is 1. The van der Waals surface area contributed by atoms with Gasteiger partial charge in [0.1, 0.15) is 5.75 Å². The van der Waals surface area contributed by atoms with E-state index in [0.717, 1.165) is 0 Å². The van der Waals surface area contributed by atoms with Crippen molar-refractivity contribution in [3.63, 3.8) is 0 Å². The fourth-order valence-electron chi connectivity index (χ4n) is 1.46. The molecule has 0 spiro atoms. The lowest BCUT2D eigenvalue weighted by atomic mass is 10.2. The summed E-state index contributed by atoms with van der Waals surface area (Å²) in [5.41, 5.74) is 0.461. The number of hydrogen-bond donors (Lipinski definition) is 2. The van der Waals surface area contributed by atoms with E-state index in [-0.39, 0.29) is 11.5 Å². The van der Waals surface area contributed by atoms with Crippen molar-refractivity contribution < 1.29 is 18.3 Å². The third-order valence-electron chi connectivity index (χ3n) is 2.24. The molecule has 0 heterocycles. The van der Waals surface area contributed by atoms with Crippen molar-refractivity contribution >= 4 is 10.0 Å². The normalized spacial score (nSPS) is 11.1. The number of hydrazine groups is 1. The highest BCUT2D eigenvalue weighted by Gasteiger charge is 2.16. The highest BCUT2D eigenvalue weighted by atomic mass is 32.2. The maximum atomic E-state index is 12.0. The minimum absolute atomic E-state index is 0.0461. The fraction of sp³-hybridized carbons (Fsp3) is 0.385. The molecule has 0 aliphatic heterocycles. The van der Waals surface area contributed by atoms with Crippen LogP contribution in [0.4, 0.5) is 0 Å². The zero-order valence-corrected chi connectivity index (χ0v) is 12.5. The Morgan fingerprint density at radius 3 is 2.65 bits per heavy atom. The number of nitrogens with one attached hydrogen (secondary N) is 1. The quantitative estimate of drug-likeness (QED) is 0.599. The first-order valence-electron chi connectivity index (χ1n) is 5.88. The van der Waals surface area contributed by atoms with Gasteiger partial charge < -0.3 is 9.84 Å². The predicted octanol–water partition coefficient (Wildman–Crippen LogP) is 0.184. The Balaban J connectivity index is 3.20. The molecule has 20 heavy (non-hydrogen) atoms. The maximum absolute atomic E-state index is 12.0. The molecule has 0 saturated carbocycles. The van der Waals surface area contributed by atoms with Crippen LogP contribution in [-0.2, 0) is 10.0 Å². The third-order valence-corrected chi connectivity index (χ3v) is 3.72. The Morgan fingerprint density at radius 1 is 1.40 bits per heavy atom. The van der Waals surface area contributed by atoms with Gasteiger partial charge in [-0.1, -0.05) is 11.8 Å². The van der Waals surface area contributed by atoms with E-state index in [1.807, 2.05) is 0 Å². The van der Waals surface area contributed by atoms with Crippen LogP contribution in [0.15, 0.2) is 23.1 Å². The minimum atomic E-state index is -3.63. The standard InChI is InChI=1S/C13H18N2O4S/c1-15(2)14-20(17,18)12-7-8-13(19-3)11(10-12)6-4-5-9-16/h7-8,10,14,16H,5,9H2,1-3H3. The molecule has 0 saturated heterocycles. The Hall–Kier alpha value is -1.59. The second kappa shape index (κ2) is 7.26. The SMILES string of the molecule is COc1ccc(S(=O)(=O)NN(C)C)cc1C#CCCO. The highest BCUT2D eigenvalue weighted by Crippen LogP contribution is 2.21. The van der Waals surface area contributed by atoms with Crippen LogP contribution in [0.5, 0.6) is 5.75 Å². The highest BCUT2D eigenvalue weighted by molar-refractivity contribution is 7.89. The van der Waals surface area contributed by atoms with Crippen molar-refractivity contribution in [2.24, 2.45) is 0 Å². The van der Waals surface area contributed by atoms with Gasteiger partial charge >= 0.3 is 0 Å². The van der Waals surface area contributed by atoms with Crippen LogP contribution >= 0.6 is 0 Å². The van der Waals surface area contributed by atoms with Gasteiger partial charge in [-0.25, -0.2) is 13.4 Å². The number of rotatable bonds is 5. The number of methoxy groups -OCH3 is 1. The molecule has 0 unspecified atom stereocenters. The number of ether oxygens (including phenoxy) is 1. The van der Waals surface area contributed by atoms with E-state index in [0.29, 0.717) is 17.7 Å². The summed E-state index contributed by atoms with van der Waals surface area (Å²) in [6.45, 7) is -0.0461. The van der Waals surface area contributed by atoms with Crippen molar-refractivity contribution in [1.29, 1.82) is 0 Å². The first kappa shape index (κ1) is 16.5. The van der Waals surface area contributed by atoms with Crippen LogP contribution in [0.1, 0.15) is 12.0 Å². The van der Waals surface area contributed by atoms with Crippen LogP contribution in [0.3, 0.4) is 0 Å². The molecule has 1 aromatic rings. The molecule has 0 aliphatic rings. The molecule has 0 aliphatic carbocycles. The van der Waals surface area contributed by atoms with Gasteiger partial charge in [0.2, 0.25) is 0 Å². The van der Waals surface area contributed by atoms with Crippen LogP contribution in [-0.4, -0.2) is 46.3 Å². The smallest absolute Gasteiger partial charge is 0.253 e. The topological polar surface area (TPSA) is 78.9 Å². The van der Waals surface area contributed by atoms with E-state index >= 15 is 0 Å². The Morgan fingerprint density at radius 2 is 2.10 bits per heavy atom. The summed E-state index contributed by atoms with van der Waals surface area (Å²) < 4.78 is 29.2. The Kier molecular flexibility index (Phi) is 5.98. The fourth-order valence-corrected chi connectivity index (χ4v) is 2.56. The zero-order chi connectivity index (χ0) is 15.2. The van der Waals surface area contributed by atoms with E-state index < -0.39 is 10.0 Å². The molecule has 0 amide bonds. The van der Waals surface area contributed by atoms with Crippen LogP contribution < -0.4 is 9.57 Å². The second-order valence-corrected chi connectivity index (χ2v) is 5.79. The molecule has 0 radical (unpaired) electrons. The van der Waals surface area contributed by atoms with E-state index in [1.165, 1.54) is 24.3 Å². The lowest BCUT2D eigenvalue weighted by Crippen LogP contribution is -2.36. The first-order valence-corrected chi connectivity index (χ1v) is 7.36. The number of sulfonamides is 1. The summed E-state index contributed by atoms with van der Waals surface area (Å²) in [7, 11) is 1.02. The van der Waals surface area contributed by atoms with Gasteiger partial charge in [0.25, 0.3) is 10.0 Å². The van der Waals surface area contributed by atoms with Gasteiger partial charge in [-0.05, 0) is 18.2 Å². The van der Waals surface area contributed by atoms with Gasteiger partial charge in [-0.2, -0.15) is 0 Å². The summed E-state index contributed by atoms with van der Waals surface area (Å²) in [6.07, 6.45) is 0.316. The molecule has 7 heteroatoms. The summed E-state index contributed by atoms with van der Waals surface area (Å²) in [5.74, 6) is 6.02. The lowest BCUT2D eigenvalue weighted by Gasteiger charge is -2.13. The van der Waals surface area contributed by atoms with Gasteiger partial charge in [0.15, 0.2) is 0 Å². The molecule has 0 atom stereocenters. The van der Waals surface area contributed by atoms with Crippen LogP contribution in [0.2, 0.25) is 0 Å². The van der Waals surface area contributed by atoms with Gasteiger partial charge in [-0.15, -0.1) is 4.83 Å². The minimum Gasteiger partial charge on any atom is -0.495 e. The lowest BCUT2D eigenvalue weighted by molar-refractivity contribution is 0.305. The van der Waals surface area contributed by atoms with Crippen molar-refractivity contribution in [2.45, 2.75) is 11.3 Å². The van der Waals surface area contributed by atoms with E-state index in [2.05, 4.69) is 16.7 Å². The number of hydrogen-bond acceptors (Lipinski definition) is 5. The molecule has 1 rings (SSSR count). The van der Waals surface area contributed by atoms with Crippen molar-refractivity contribution in [2.75, 3.05) is 27.8 Å². The summed E-state index contributed by atoms with van der Waals surface area (Å²) in [4.78, 5) is 2.44. The molecule has 2 N–H and O–H groups in total. The second-order valence-electron chi connectivity index (χ2n) is 4.13. The van der Waals surface area contributed by atoms with Gasteiger partial charge in [0, 0.05) is 20.5 Å². The van der Waals surface area contributed by atoms with E-state index in [4.69, 9.17) is 9.84 Å². The van der Waals surface area contributed by atoms with Crippen molar-refractivity contribution in [3.05, 3.63) is 23.8 Å². The van der Waals surface area contributed by atoms with E-state index in [1.54, 1.807) is 20.2 Å². The third kappa shape index (κ3) is 4.51. The Labute approximate surface area is 119 Å². The average molecular weight is 298 g/mol. The largest absolute Gasteiger partial charge is 0.495 e. The number of benzene rings is 1. The summed E-state index contributed by atoms with van der Waals surface area (Å²) >= 11 is 0. The van der Waals surface area contributed by atoms with Gasteiger partial charge in [-0.3, -0.25) is 0 Å².